The third-order valence-corrected chi connectivity index (χ3v) is 2.83. The van der Waals surface area contributed by atoms with Crippen LogP contribution in [0.25, 0.3) is 0 Å². The van der Waals surface area contributed by atoms with Crippen molar-refractivity contribution in [2.75, 3.05) is 25.0 Å². The summed E-state index contributed by atoms with van der Waals surface area (Å²) in [5.74, 6) is 0.408. The topological polar surface area (TPSA) is 56.1 Å². The van der Waals surface area contributed by atoms with Crippen LogP contribution in [0.2, 0.25) is 0 Å². The molecule has 19 heavy (non-hydrogen) atoms. The Morgan fingerprint density at radius 1 is 1.47 bits per heavy atom. The zero-order valence-corrected chi connectivity index (χ0v) is 12.0. The molecule has 0 saturated heterocycles. The highest BCUT2D eigenvalue weighted by molar-refractivity contribution is 5.82. The van der Waals surface area contributed by atoms with E-state index in [-0.39, 0.29) is 12.5 Å². The first kappa shape index (κ1) is 15.0. The number of carbonyl (C=O) groups excluding carboxylic acids is 1. The third-order valence-electron chi connectivity index (χ3n) is 2.83. The number of carbonyl (C=O) groups is 1. The fraction of sp³-hybridized carbons (Fsp3) is 0.467. The van der Waals surface area contributed by atoms with Gasteiger partial charge in [-0.3, -0.25) is 4.79 Å². The number of hydrogen-bond acceptors (Lipinski definition) is 3. The van der Waals surface area contributed by atoms with Crippen molar-refractivity contribution >= 4 is 11.6 Å². The predicted molar refractivity (Wildman–Crippen MR) is 77.0 cm³/mol. The van der Waals surface area contributed by atoms with Gasteiger partial charge < -0.3 is 10.2 Å². The van der Waals surface area contributed by atoms with Crippen molar-refractivity contribution in [2.24, 2.45) is 5.92 Å². The fourth-order valence-corrected chi connectivity index (χ4v) is 1.92. The Labute approximate surface area is 115 Å². The number of anilines is 1. The first-order chi connectivity index (χ1) is 8.95. The number of likely N-dealkylation sites (N-methyl/N-ethyl adjacent to an activating group) is 1. The van der Waals surface area contributed by atoms with Crippen molar-refractivity contribution in [1.29, 1.82) is 5.26 Å². The van der Waals surface area contributed by atoms with Gasteiger partial charge in [-0.25, -0.2) is 0 Å². The zero-order chi connectivity index (χ0) is 14.4. The van der Waals surface area contributed by atoms with Crippen LogP contribution in [0, 0.1) is 24.2 Å². The monoisotopic (exact) mass is 259 g/mol. The van der Waals surface area contributed by atoms with Crippen LogP contribution in [0.4, 0.5) is 5.69 Å². The van der Waals surface area contributed by atoms with E-state index in [0.29, 0.717) is 18.0 Å². The highest BCUT2D eigenvalue weighted by atomic mass is 16.2. The molecule has 1 rings (SSSR count). The van der Waals surface area contributed by atoms with Gasteiger partial charge in [-0.05, 0) is 24.5 Å². The highest BCUT2D eigenvalue weighted by Crippen LogP contribution is 2.23. The summed E-state index contributed by atoms with van der Waals surface area (Å²) in [5, 5.41) is 12.0. The van der Waals surface area contributed by atoms with E-state index in [2.05, 4.69) is 25.2 Å². The van der Waals surface area contributed by atoms with Gasteiger partial charge in [-0.1, -0.05) is 26.0 Å². The predicted octanol–water partition coefficient (Wildman–Crippen LogP) is 2.08. The van der Waals surface area contributed by atoms with E-state index in [1.165, 1.54) is 0 Å². The largest absolute Gasteiger partial charge is 0.364 e. The number of aryl methyl sites for hydroxylation is 1. The third kappa shape index (κ3) is 4.29. The smallest absolute Gasteiger partial charge is 0.239 e. The first-order valence-corrected chi connectivity index (χ1v) is 6.43. The van der Waals surface area contributed by atoms with Crippen LogP contribution in [0.3, 0.4) is 0 Å². The lowest BCUT2D eigenvalue weighted by molar-refractivity contribution is -0.119. The first-order valence-electron chi connectivity index (χ1n) is 6.43. The second-order valence-electron chi connectivity index (χ2n) is 5.14. The van der Waals surface area contributed by atoms with E-state index in [4.69, 9.17) is 5.26 Å². The Morgan fingerprint density at radius 2 is 2.16 bits per heavy atom. The molecule has 0 saturated carbocycles. The second-order valence-corrected chi connectivity index (χ2v) is 5.14. The molecule has 0 bridgehead atoms. The van der Waals surface area contributed by atoms with Crippen LogP contribution in [0.1, 0.15) is 25.0 Å². The summed E-state index contributed by atoms with van der Waals surface area (Å²) in [6, 6.07) is 7.73. The lowest BCUT2D eigenvalue weighted by atomic mass is 10.1. The number of nitriles is 1. The summed E-state index contributed by atoms with van der Waals surface area (Å²) in [5.41, 5.74) is 2.42. The van der Waals surface area contributed by atoms with Gasteiger partial charge in [0, 0.05) is 13.6 Å². The van der Waals surface area contributed by atoms with Crippen molar-refractivity contribution in [3.05, 3.63) is 29.3 Å². The SMILES string of the molecule is Cc1cccc(C#N)c1N(C)CC(=O)NCC(C)C. The lowest BCUT2D eigenvalue weighted by Crippen LogP contribution is -2.37. The molecule has 0 fully saturated rings. The van der Waals surface area contributed by atoms with E-state index in [9.17, 15) is 4.79 Å². The van der Waals surface area contributed by atoms with Crippen LogP contribution < -0.4 is 10.2 Å². The second kappa shape index (κ2) is 6.79. The molecule has 1 amide bonds. The lowest BCUT2D eigenvalue weighted by Gasteiger charge is -2.22. The van der Waals surface area contributed by atoms with Crippen molar-refractivity contribution in [3.63, 3.8) is 0 Å². The zero-order valence-electron chi connectivity index (χ0n) is 12.0. The molecule has 0 aliphatic heterocycles. The van der Waals surface area contributed by atoms with E-state index in [1.54, 1.807) is 6.07 Å². The van der Waals surface area contributed by atoms with E-state index in [0.717, 1.165) is 11.3 Å². The molecule has 4 heteroatoms. The Morgan fingerprint density at radius 3 is 2.74 bits per heavy atom. The van der Waals surface area contributed by atoms with E-state index in [1.807, 2.05) is 31.0 Å². The Kier molecular flexibility index (Phi) is 5.37. The average molecular weight is 259 g/mol. The van der Waals surface area contributed by atoms with Crippen LogP contribution in [-0.2, 0) is 4.79 Å². The molecule has 0 aliphatic rings. The molecule has 0 spiro atoms. The minimum atomic E-state index is -0.0247. The number of nitrogens with one attached hydrogen (secondary N) is 1. The Bertz CT molecular complexity index is 489. The molecule has 0 unspecified atom stereocenters. The van der Waals surface area contributed by atoms with Crippen molar-refractivity contribution in [2.45, 2.75) is 20.8 Å². The summed E-state index contributed by atoms with van der Waals surface area (Å²) >= 11 is 0. The van der Waals surface area contributed by atoms with E-state index >= 15 is 0 Å². The molecule has 4 nitrogen and oxygen atoms in total. The van der Waals surface area contributed by atoms with Gasteiger partial charge in [0.2, 0.25) is 5.91 Å². The molecule has 0 radical (unpaired) electrons. The van der Waals surface area contributed by atoms with Gasteiger partial charge in [0.25, 0.3) is 0 Å². The van der Waals surface area contributed by atoms with Crippen LogP contribution in [0.5, 0.6) is 0 Å². The normalized spacial score (nSPS) is 10.1. The molecule has 102 valence electrons. The summed E-state index contributed by atoms with van der Waals surface area (Å²) in [4.78, 5) is 13.6. The summed E-state index contributed by atoms with van der Waals surface area (Å²) in [7, 11) is 1.83. The maximum atomic E-state index is 11.8. The number of para-hydroxylation sites is 1. The number of nitrogens with zero attached hydrogens (tertiary/aromatic N) is 2. The maximum absolute atomic E-state index is 11.8. The molecule has 0 heterocycles. The number of rotatable bonds is 5. The van der Waals surface area contributed by atoms with Crippen LogP contribution in [-0.4, -0.2) is 26.0 Å². The van der Waals surface area contributed by atoms with Gasteiger partial charge in [-0.15, -0.1) is 0 Å². The molecule has 1 aromatic carbocycles. The maximum Gasteiger partial charge on any atom is 0.239 e. The summed E-state index contributed by atoms with van der Waals surface area (Å²) in [6.07, 6.45) is 0. The molecule has 1 aromatic rings. The van der Waals surface area contributed by atoms with Gasteiger partial charge >= 0.3 is 0 Å². The van der Waals surface area contributed by atoms with Crippen molar-refractivity contribution < 1.29 is 4.79 Å². The van der Waals surface area contributed by atoms with Gasteiger partial charge in [0.15, 0.2) is 0 Å². The highest BCUT2D eigenvalue weighted by Gasteiger charge is 2.13. The fourth-order valence-electron chi connectivity index (χ4n) is 1.92. The number of amides is 1. The summed E-state index contributed by atoms with van der Waals surface area (Å²) in [6.45, 7) is 6.98. The minimum absolute atomic E-state index is 0.0247. The average Bonchev–Trinajstić information content (AvgIpc) is 2.35. The van der Waals surface area contributed by atoms with Crippen LogP contribution >= 0.6 is 0 Å². The van der Waals surface area contributed by atoms with Gasteiger partial charge in [-0.2, -0.15) is 5.26 Å². The molecule has 0 atom stereocenters. The van der Waals surface area contributed by atoms with Gasteiger partial charge in [0.1, 0.15) is 6.07 Å². The van der Waals surface area contributed by atoms with Crippen molar-refractivity contribution in [1.82, 2.24) is 5.32 Å². The molecule has 0 aromatic heterocycles. The Balaban J connectivity index is 2.76. The number of hydrogen-bond donors (Lipinski definition) is 1. The van der Waals surface area contributed by atoms with Crippen LogP contribution in [0.15, 0.2) is 18.2 Å². The Hall–Kier alpha value is -2.02. The van der Waals surface area contributed by atoms with Gasteiger partial charge in [0.05, 0.1) is 17.8 Å². The quantitative estimate of drug-likeness (QED) is 0.880. The molecular weight excluding hydrogens is 238 g/mol. The minimum Gasteiger partial charge on any atom is -0.364 e. The molecular formula is C15H21N3O. The number of benzene rings is 1. The summed E-state index contributed by atoms with van der Waals surface area (Å²) < 4.78 is 0. The molecule has 1 N–H and O–H groups in total. The standard InChI is InChI=1S/C15H21N3O/c1-11(2)9-17-14(19)10-18(4)15-12(3)6-5-7-13(15)8-16/h5-7,11H,9-10H2,1-4H3,(H,17,19). The van der Waals surface area contributed by atoms with E-state index < -0.39 is 0 Å². The van der Waals surface area contributed by atoms with Crippen molar-refractivity contribution in [3.8, 4) is 6.07 Å². The molecule has 0 aliphatic carbocycles.